The van der Waals surface area contributed by atoms with Crippen molar-refractivity contribution in [3.63, 3.8) is 0 Å². The molecule has 8 nitrogen and oxygen atoms in total. The molecule has 3 aromatic rings. The Labute approximate surface area is 164 Å². The SMILES string of the molecule is Cc1ccc(-c2nnn(CC(=O)O[C@@H](C)C(=O)Nc3ccc(F)c(F)c3)n2)cc1. The van der Waals surface area contributed by atoms with Gasteiger partial charge < -0.3 is 10.1 Å². The molecule has 0 unspecified atom stereocenters. The molecule has 0 spiro atoms. The van der Waals surface area contributed by atoms with Crippen LogP contribution >= 0.6 is 0 Å². The summed E-state index contributed by atoms with van der Waals surface area (Å²) in [6.07, 6.45) is -1.17. The minimum Gasteiger partial charge on any atom is -0.451 e. The highest BCUT2D eigenvalue weighted by atomic mass is 19.2. The molecule has 150 valence electrons. The van der Waals surface area contributed by atoms with Crippen molar-refractivity contribution >= 4 is 17.6 Å². The van der Waals surface area contributed by atoms with Crippen molar-refractivity contribution in [3.8, 4) is 11.4 Å². The van der Waals surface area contributed by atoms with E-state index in [-0.39, 0.29) is 12.2 Å². The Hall–Kier alpha value is -3.69. The van der Waals surface area contributed by atoms with Gasteiger partial charge in [0.2, 0.25) is 5.82 Å². The number of halogens is 2. The first-order valence-corrected chi connectivity index (χ1v) is 8.62. The number of tetrazole rings is 1. The fourth-order valence-electron chi connectivity index (χ4n) is 2.35. The van der Waals surface area contributed by atoms with E-state index in [4.69, 9.17) is 4.74 Å². The third-order valence-electron chi connectivity index (χ3n) is 3.90. The summed E-state index contributed by atoms with van der Waals surface area (Å²) in [5, 5.41) is 14.1. The van der Waals surface area contributed by atoms with Gasteiger partial charge in [-0.15, -0.1) is 10.2 Å². The van der Waals surface area contributed by atoms with Crippen LogP contribution in [0.1, 0.15) is 12.5 Å². The Kier molecular flexibility index (Phi) is 5.91. The first-order valence-electron chi connectivity index (χ1n) is 8.62. The molecule has 0 aliphatic rings. The zero-order valence-electron chi connectivity index (χ0n) is 15.6. The number of carbonyl (C=O) groups excluding carboxylic acids is 2. The Morgan fingerprint density at radius 2 is 1.86 bits per heavy atom. The third-order valence-corrected chi connectivity index (χ3v) is 3.90. The second-order valence-corrected chi connectivity index (χ2v) is 6.26. The van der Waals surface area contributed by atoms with Gasteiger partial charge in [-0.05, 0) is 31.2 Å². The molecule has 10 heteroatoms. The maximum Gasteiger partial charge on any atom is 0.330 e. The lowest BCUT2D eigenvalue weighted by molar-refractivity contribution is -0.154. The lowest BCUT2D eigenvalue weighted by Crippen LogP contribution is -2.31. The predicted molar refractivity (Wildman–Crippen MR) is 98.5 cm³/mol. The van der Waals surface area contributed by atoms with Crippen molar-refractivity contribution in [2.75, 3.05) is 5.32 Å². The second kappa shape index (κ2) is 8.55. The molecule has 1 aromatic heterocycles. The van der Waals surface area contributed by atoms with Crippen LogP contribution < -0.4 is 5.32 Å². The van der Waals surface area contributed by atoms with E-state index in [0.29, 0.717) is 5.82 Å². The van der Waals surface area contributed by atoms with Crippen molar-refractivity contribution in [1.29, 1.82) is 0 Å². The van der Waals surface area contributed by atoms with Crippen LogP contribution in [-0.4, -0.2) is 38.2 Å². The molecule has 0 saturated carbocycles. The number of aryl methyl sites for hydroxylation is 1. The van der Waals surface area contributed by atoms with Crippen molar-refractivity contribution in [2.24, 2.45) is 0 Å². The first-order chi connectivity index (χ1) is 13.8. The zero-order chi connectivity index (χ0) is 21.0. The molecule has 0 aliphatic carbocycles. The summed E-state index contributed by atoms with van der Waals surface area (Å²) in [6, 6.07) is 10.4. The van der Waals surface area contributed by atoms with Crippen LogP contribution in [0.25, 0.3) is 11.4 Å². The topological polar surface area (TPSA) is 99.0 Å². The molecule has 0 fully saturated rings. The monoisotopic (exact) mass is 401 g/mol. The lowest BCUT2D eigenvalue weighted by atomic mass is 10.1. The van der Waals surface area contributed by atoms with Gasteiger partial charge in [0.25, 0.3) is 5.91 Å². The summed E-state index contributed by atoms with van der Waals surface area (Å²) in [5.74, 6) is -3.24. The maximum absolute atomic E-state index is 13.2. The van der Waals surface area contributed by atoms with Crippen LogP contribution in [-0.2, 0) is 20.9 Å². The average Bonchev–Trinajstić information content (AvgIpc) is 3.13. The van der Waals surface area contributed by atoms with Gasteiger partial charge in [-0.25, -0.2) is 13.6 Å². The smallest absolute Gasteiger partial charge is 0.330 e. The van der Waals surface area contributed by atoms with Crippen LogP contribution in [0.4, 0.5) is 14.5 Å². The summed E-state index contributed by atoms with van der Waals surface area (Å²) in [6.45, 7) is 2.95. The number of anilines is 1. The minimum absolute atomic E-state index is 0.0393. The quantitative estimate of drug-likeness (QED) is 0.637. The molecule has 0 saturated heterocycles. The molecule has 0 bridgehead atoms. The summed E-state index contributed by atoms with van der Waals surface area (Å²) in [7, 11) is 0. The molecule has 2 aromatic carbocycles. The summed E-state index contributed by atoms with van der Waals surface area (Å²) in [5.41, 5.74) is 1.87. The van der Waals surface area contributed by atoms with Gasteiger partial charge in [0.1, 0.15) is 0 Å². The van der Waals surface area contributed by atoms with Crippen molar-refractivity contribution in [3.05, 3.63) is 59.7 Å². The molecule has 1 atom stereocenters. The van der Waals surface area contributed by atoms with Gasteiger partial charge in [-0.2, -0.15) is 4.80 Å². The van der Waals surface area contributed by atoms with Crippen LogP contribution in [0.2, 0.25) is 0 Å². The van der Waals surface area contributed by atoms with Gasteiger partial charge in [-0.3, -0.25) is 4.79 Å². The molecule has 1 amide bonds. The van der Waals surface area contributed by atoms with Gasteiger partial charge in [0.05, 0.1) is 0 Å². The number of ether oxygens (including phenoxy) is 1. The summed E-state index contributed by atoms with van der Waals surface area (Å²) >= 11 is 0. The highest BCUT2D eigenvalue weighted by Gasteiger charge is 2.19. The number of hydrogen-bond donors (Lipinski definition) is 1. The Balaban J connectivity index is 1.55. The molecule has 1 heterocycles. The van der Waals surface area contributed by atoms with Crippen LogP contribution in [0, 0.1) is 18.6 Å². The number of carbonyl (C=O) groups is 2. The second-order valence-electron chi connectivity index (χ2n) is 6.26. The van der Waals surface area contributed by atoms with E-state index in [2.05, 4.69) is 20.7 Å². The average molecular weight is 401 g/mol. The number of nitrogens with zero attached hydrogens (tertiary/aromatic N) is 4. The number of esters is 1. The number of rotatable bonds is 6. The van der Waals surface area contributed by atoms with E-state index in [1.807, 2.05) is 31.2 Å². The van der Waals surface area contributed by atoms with Gasteiger partial charge >= 0.3 is 5.97 Å². The molecule has 0 aliphatic heterocycles. The van der Waals surface area contributed by atoms with E-state index in [1.54, 1.807) is 0 Å². The van der Waals surface area contributed by atoms with Gasteiger partial charge in [0.15, 0.2) is 24.3 Å². The molecule has 3 rings (SSSR count). The number of benzene rings is 2. The Morgan fingerprint density at radius 3 is 2.55 bits per heavy atom. The maximum atomic E-state index is 13.2. The fraction of sp³-hybridized carbons (Fsp3) is 0.211. The van der Waals surface area contributed by atoms with E-state index >= 15 is 0 Å². The molecular weight excluding hydrogens is 384 g/mol. The standard InChI is InChI=1S/C19H17F2N5O3/c1-11-3-5-13(6-4-11)18-23-25-26(24-18)10-17(27)29-12(2)19(28)22-14-7-8-15(20)16(21)9-14/h3-9,12H,10H2,1-2H3,(H,22,28)/t12-/m0/s1. The number of amides is 1. The molecular formula is C19H17F2N5O3. The van der Waals surface area contributed by atoms with E-state index in [1.165, 1.54) is 13.0 Å². The lowest BCUT2D eigenvalue weighted by Gasteiger charge is -2.13. The molecule has 29 heavy (non-hydrogen) atoms. The van der Waals surface area contributed by atoms with Gasteiger partial charge in [-0.1, -0.05) is 29.8 Å². The normalized spacial score (nSPS) is 11.7. The van der Waals surface area contributed by atoms with E-state index in [9.17, 15) is 18.4 Å². The van der Waals surface area contributed by atoms with Crippen molar-refractivity contribution in [1.82, 2.24) is 20.2 Å². The highest BCUT2D eigenvalue weighted by molar-refractivity contribution is 5.95. The molecule has 0 radical (unpaired) electrons. The largest absolute Gasteiger partial charge is 0.451 e. The Morgan fingerprint density at radius 1 is 1.14 bits per heavy atom. The highest BCUT2D eigenvalue weighted by Crippen LogP contribution is 2.15. The van der Waals surface area contributed by atoms with E-state index in [0.717, 1.165) is 28.1 Å². The summed E-state index contributed by atoms with van der Waals surface area (Å²) < 4.78 is 31.1. The predicted octanol–water partition coefficient (Wildman–Crippen LogP) is 2.50. The van der Waals surface area contributed by atoms with Crippen LogP contribution in [0.15, 0.2) is 42.5 Å². The number of nitrogens with one attached hydrogen (secondary N) is 1. The van der Waals surface area contributed by atoms with Crippen LogP contribution in [0.5, 0.6) is 0 Å². The number of aromatic nitrogens is 4. The van der Waals surface area contributed by atoms with Crippen molar-refractivity contribution < 1.29 is 23.1 Å². The Bertz CT molecular complexity index is 1040. The zero-order valence-corrected chi connectivity index (χ0v) is 15.6. The van der Waals surface area contributed by atoms with E-state index < -0.39 is 29.6 Å². The molecule has 1 N–H and O–H groups in total. The first kappa shape index (κ1) is 20.1. The summed E-state index contributed by atoms with van der Waals surface area (Å²) in [4.78, 5) is 25.1. The fourth-order valence-corrected chi connectivity index (χ4v) is 2.35. The van der Waals surface area contributed by atoms with Gasteiger partial charge in [0, 0.05) is 17.3 Å². The number of hydrogen-bond acceptors (Lipinski definition) is 6. The third kappa shape index (κ3) is 5.18. The minimum atomic E-state index is -1.17. The van der Waals surface area contributed by atoms with Crippen LogP contribution in [0.3, 0.4) is 0 Å². The van der Waals surface area contributed by atoms with Crippen molar-refractivity contribution in [2.45, 2.75) is 26.5 Å².